The van der Waals surface area contributed by atoms with Crippen molar-refractivity contribution in [3.05, 3.63) is 47.8 Å². The molecule has 7 heteroatoms. The lowest BCUT2D eigenvalue weighted by atomic mass is 9.82. The minimum Gasteiger partial charge on any atom is -0.481 e. The highest BCUT2D eigenvalue weighted by atomic mass is 19.1. The smallest absolute Gasteiger partial charge is 0.307 e. The first kappa shape index (κ1) is 15.7. The number of carbonyl (C=O) groups is 3. The average Bonchev–Trinajstić information content (AvgIpc) is 2.52. The number of benzene rings is 1. The molecule has 2 atom stereocenters. The maximum Gasteiger partial charge on any atom is 0.307 e. The molecule has 0 aromatic heterocycles. The summed E-state index contributed by atoms with van der Waals surface area (Å²) in [6.45, 7) is 0. The molecule has 0 saturated carbocycles. The zero-order chi connectivity index (χ0) is 16.1. The zero-order valence-electron chi connectivity index (χ0n) is 11.6. The van der Waals surface area contributed by atoms with Crippen LogP contribution in [0.25, 0.3) is 0 Å². The molecule has 1 aromatic carbocycles. The van der Waals surface area contributed by atoms with E-state index in [0.29, 0.717) is 0 Å². The third-order valence-corrected chi connectivity index (χ3v) is 3.50. The van der Waals surface area contributed by atoms with E-state index in [0.717, 1.165) is 6.07 Å². The number of hydrogen-bond acceptors (Lipinski definition) is 3. The van der Waals surface area contributed by atoms with Gasteiger partial charge in [-0.25, -0.2) is 4.39 Å². The van der Waals surface area contributed by atoms with Crippen LogP contribution in [0.2, 0.25) is 0 Å². The third-order valence-electron chi connectivity index (χ3n) is 3.50. The average molecular weight is 306 g/mol. The minimum absolute atomic E-state index is 0.207. The lowest BCUT2D eigenvalue weighted by Gasteiger charge is -2.24. The molecule has 2 rings (SSSR count). The van der Waals surface area contributed by atoms with Crippen LogP contribution >= 0.6 is 0 Å². The van der Waals surface area contributed by atoms with Crippen molar-refractivity contribution in [1.82, 2.24) is 10.9 Å². The Hall–Kier alpha value is -2.70. The highest BCUT2D eigenvalue weighted by Gasteiger charge is 2.34. The second kappa shape index (κ2) is 6.84. The lowest BCUT2D eigenvalue weighted by molar-refractivity contribution is -0.147. The highest BCUT2D eigenvalue weighted by Crippen LogP contribution is 2.25. The van der Waals surface area contributed by atoms with Gasteiger partial charge in [-0.2, -0.15) is 0 Å². The molecule has 6 nitrogen and oxygen atoms in total. The van der Waals surface area contributed by atoms with Gasteiger partial charge < -0.3 is 5.11 Å². The first-order valence-corrected chi connectivity index (χ1v) is 6.73. The van der Waals surface area contributed by atoms with Gasteiger partial charge in [0.25, 0.3) is 5.91 Å². The van der Waals surface area contributed by atoms with Gasteiger partial charge in [-0.05, 0) is 25.0 Å². The van der Waals surface area contributed by atoms with Crippen LogP contribution in [0.1, 0.15) is 23.2 Å². The molecular weight excluding hydrogens is 291 g/mol. The number of hydrazine groups is 1. The molecule has 0 heterocycles. The fourth-order valence-corrected chi connectivity index (χ4v) is 2.30. The molecule has 0 radical (unpaired) electrons. The van der Waals surface area contributed by atoms with Crippen molar-refractivity contribution in [2.24, 2.45) is 11.8 Å². The Bertz CT molecular complexity index is 630. The number of halogens is 1. The molecule has 0 unspecified atom stereocenters. The monoisotopic (exact) mass is 306 g/mol. The van der Waals surface area contributed by atoms with Gasteiger partial charge in [-0.3, -0.25) is 25.2 Å². The largest absolute Gasteiger partial charge is 0.481 e. The van der Waals surface area contributed by atoms with Gasteiger partial charge in [-0.15, -0.1) is 0 Å². The van der Waals surface area contributed by atoms with E-state index < -0.39 is 35.4 Å². The van der Waals surface area contributed by atoms with Gasteiger partial charge in [0.1, 0.15) is 5.82 Å². The van der Waals surface area contributed by atoms with E-state index in [-0.39, 0.29) is 18.4 Å². The number of amides is 2. The topological polar surface area (TPSA) is 95.5 Å². The minimum atomic E-state index is -1.06. The van der Waals surface area contributed by atoms with Crippen molar-refractivity contribution < 1.29 is 23.9 Å². The summed E-state index contributed by atoms with van der Waals surface area (Å²) < 4.78 is 13.4. The van der Waals surface area contributed by atoms with E-state index in [1.165, 1.54) is 18.2 Å². The number of rotatable bonds is 3. The predicted octanol–water partition coefficient (Wildman–Crippen LogP) is 1.25. The lowest BCUT2D eigenvalue weighted by Crippen LogP contribution is -2.47. The van der Waals surface area contributed by atoms with Crippen molar-refractivity contribution in [3.8, 4) is 0 Å². The number of nitrogens with one attached hydrogen (secondary N) is 2. The Morgan fingerprint density at radius 1 is 1.05 bits per heavy atom. The van der Waals surface area contributed by atoms with Crippen LogP contribution in [-0.2, 0) is 9.59 Å². The van der Waals surface area contributed by atoms with Crippen LogP contribution in [0.5, 0.6) is 0 Å². The molecule has 1 aliphatic rings. The molecule has 0 spiro atoms. The summed E-state index contributed by atoms with van der Waals surface area (Å²) in [5.41, 5.74) is 4.05. The molecule has 0 fully saturated rings. The SMILES string of the molecule is O=C(NNC(=O)[C@@H]1CC=CC[C@@H]1C(=O)O)c1ccccc1F. The summed E-state index contributed by atoms with van der Waals surface area (Å²) in [7, 11) is 0. The Kier molecular flexibility index (Phi) is 4.88. The van der Waals surface area contributed by atoms with Crippen molar-refractivity contribution in [3.63, 3.8) is 0 Å². The molecule has 0 saturated heterocycles. The van der Waals surface area contributed by atoms with E-state index in [2.05, 4.69) is 10.9 Å². The van der Waals surface area contributed by atoms with E-state index >= 15 is 0 Å². The summed E-state index contributed by atoms with van der Waals surface area (Å²) in [5.74, 6) is -4.80. The second-order valence-electron chi connectivity index (χ2n) is 4.92. The Labute approximate surface area is 126 Å². The fraction of sp³-hybridized carbons (Fsp3) is 0.267. The van der Waals surface area contributed by atoms with Crippen LogP contribution < -0.4 is 10.9 Å². The molecule has 22 heavy (non-hydrogen) atoms. The Balaban J connectivity index is 1.98. The first-order chi connectivity index (χ1) is 10.5. The molecular formula is C15H15FN2O4. The zero-order valence-corrected chi connectivity index (χ0v) is 11.6. The number of carbonyl (C=O) groups excluding carboxylic acids is 2. The van der Waals surface area contributed by atoms with Crippen LogP contribution in [0.4, 0.5) is 4.39 Å². The first-order valence-electron chi connectivity index (χ1n) is 6.73. The predicted molar refractivity (Wildman–Crippen MR) is 75.0 cm³/mol. The summed E-state index contributed by atoms with van der Waals surface area (Å²) in [6, 6.07) is 5.34. The number of carboxylic acids is 1. The normalized spacial score (nSPS) is 20.2. The standard InChI is InChI=1S/C15H15FN2O4/c16-12-8-4-3-7-11(12)14(20)18-17-13(19)9-5-1-2-6-10(9)15(21)22/h1-4,7-10H,5-6H2,(H,17,19)(H,18,20)(H,21,22)/t9-,10+/m1/s1. The van der Waals surface area contributed by atoms with Gasteiger partial charge in [0, 0.05) is 0 Å². The second-order valence-corrected chi connectivity index (χ2v) is 4.92. The van der Waals surface area contributed by atoms with Crippen molar-refractivity contribution >= 4 is 17.8 Å². The van der Waals surface area contributed by atoms with Gasteiger partial charge in [0.2, 0.25) is 5.91 Å². The molecule has 3 N–H and O–H groups in total. The van der Waals surface area contributed by atoms with Crippen molar-refractivity contribution in [1.29, 1.82) is 0 Å². The molecule has 1 aromatic rings. The van der Waals surface area contributed by atoms with Gasteiger partial charge >= 0.3 is 5.97 Å². The summed E-state index contributed by atoms with van der Waals surface area (Å²) in [6.07, 6.45) is 3.97. The molecule has 0 bridgehead atoms. The van der Waals surface area contributed by atoms with Crippen LogP contribution in [0.3, 0.4) is 0 Å². The summed E-state index contributed by atoms with van der Waals surface area (Å²) >= 11 is 0. The van der Waals surface area contributed by atoms with Gasteiger partial charge in [0.05, 0.1) is 17.4 Å². The van der Waals surface area contributed by atoms with Gasteiger partial charge in [0.15, 0.2) is 0 Å². The van der Waals surface area contributed by atoms with Crippen molar-refractivity contribution in [2.45, 2.75) is 12.8 Å². The maximum atomic E-state index is 13.4. The molecule has 0 aliphatic heterocycles. The maximum absolute atomic E-state index is 13.4. The Morgan fingerprint density at radius 2 is 1.68 bits per heavy atom. The molecule has 116 valence electrons. The van der Waals surface area contributed by atoms with E-state index in [1.54, 1.807) is 12.2 Å². The quantitative estimate of drug-likeness (QED) is 0.578. The van der Waals surface area contributed by atoms with Crippen molar-refractivity contribution in [2.75, 3.05) is 0 Å². The number of carboxylic acid groups (broad SMARTS) is 1. The van der Waals surface area contributed by atoms with Crippen LogP contribution in [0, 0.1) is 17.7 Å². The molecule has 1 aliphatic carbocycles. The van der Waals surface area contributed by atoms with Gasteiger partial charge in [-0.1, -0.05) is 24.3 Å². The number of aliphatic carboxylic acids is 1. The summed E-state index contributed by atoms with van der Waals surface area (Å²) in [5, 5.41) is 9.10. The number of allylic oxidation sites excluding steroid dienone is 2. The van der Waals surface area contributed by atoms with E-state index in [4.69, 9.17) is 5.11 Å². The number of hydrogen-bond donors (Lipinski definition) is 3. The summed E-state index contributed by atoms with van der Waals surface area (Å²) in [4.78, 5) is 34.9. The van der Waals surface area contributed by atoms with Crippen LogP contribution in [-0.4, -0.2) is 22.9 Å². The molecule has 2 amide bonds. The van der Waals surface area contributed by atoms with Crippen LogP contribution in [0.15, 0.2) is 36.4 Å². The highest BCUT2D eigenvalue weighted by molar-refractivity contribution is 5.96. The van der Waals surface area contributed by atoms with E-state index in [1.807, 2.05) is 0 Å². The fourth-order valence-electron chi connectivity index (χ4n) is 2.30. The Morgan fingerprint density at radius 3 is 2.32 bits per heavy atom. The van der Waals surface area contributed by atoms with E-state index in [9.17, 15) is 18.8 Å². The third kappa shape index (κ3) is 3.49.